The molecule has 1 atom stereocenters. The molecule has 5 nitrogen and oxygen atoms in total. The van der Waals surface area contributed by atoms with Crippen LogP contribution in [0.5, 0.6) is 0 Å². The maximum absolute atomic E-state index is 5.79. The van der Waals surface area contributed by atoms with Gasteiger partial charge in [0.1, 0.15) is 0 Å². The Morgan fingerprint density at radius 1 is 1.35 bits per heavy atom. The summed E-state index contributed by atoms with van der Waals surface area (Å²) in [6, 6.07) is 9.40. The highest BCUT2D eigenvalue weighted by Crippen LogP contribution is 2.35. The van der Waals surface area contributed by atoms with Crippen LogP contribution in [0, 0.1) is 0 Å². The molecule has 2 heterocycles. The summed E-state index contributed by atoms with van der Waals surface area (Å²) in [5, 5.41) is 11.5. The van der Waals surface area contributed by atoms with Crippen LogP contribution < -0.4 is 10.2 Å². The minimum absolute atomic E-state index is 0.373. The first-order valence-electron chi connectivity index (χ1n) is 7.20. The third-order valence-electron chi connectivity index (χ3n) is 3.71. The van der Waals surface area contributed by atoms with E-state index >= 15 is 0 Å². The molecule has 1 aliphatic heterocycles. The molecule has 0 spiro atoms. The minimum Gasteiger partial charge on any atom is -0.406 e. The lowest BCUT2D eigenvalue weighted by Crippen LogP contribution is -2.33. The van der Waals surface area contributed by atoms with Gasteiger partial charge in [-0.05, 0) is 37.9 Å². The van der Waals surface area contributed by atoms with Gasteiger partial charge in [-0.2, -0.15) is 0 Å². The van der Waals surface area contributed by atoms with Crippen molar-refractivity contribution in [2.45, 2.75) is 39.3 Å². The summed E-state index contributed by atoms with van der Waals surface area (Å²) in [6.07, 6.45) is 2.20. The summed E-state index contributed by atoms with van der Waals surface area (Å²) >= 11 is 0. The molecule has 1 aliphatic rings. The van der Waals surface area contributed by atoms with Crippen molar-refractivity contribution in [2.75, 3.05) is 11.4 Å². The van der Waals surface area contributed by atoms with Crippen LogP contribution in [0.3, 0.4) is 0 Å². The summed E-state index contributed by atoms with van der Waals surface area (Å²) in [5.41, 5.74) is 2.53. The molecule has 0 radical (unpaired) electrons. The first kappa shape index (κ1) is 13.1. The van der Waals surface area contributed by atoms with E-state index in [1.54, 1.807) is 0 Å². The maximum Gasteiger partial charge on any atom is 0.323 e. The molecule has 1 aromatic heterocycles. The van der Waals surface area contributed by atoms with E-state index in [1.165, 1.54) is 11.3 Å². The predicted octanol–water partition coefficient (Wildman–Crippen LogP) is 2.65. The van der Waals surface area contributed by atoms with Crippen molar-refractivity contribution in [3.63, 3.8) is 0 Å². The third kappa shape index (κ3) is 2.41. The van der Waals surface area contributed by atoms with Crippen LogP contribution in [0.4, 0.5) is 11.7 Å². The van der Waals surface area contributed by atoms with E-state index < -0.39 is 0 Å². The second-order valence-electron chi connectivity index (χ2n) is 5.15. The van der Waals surface area contributed by atoms with Crippen molar-refractivity contribution in [3.05, 3.63) is 35.7 Å². The van der Waals surface area contributed by atoms with Gasteiger partial charge in [0.25, 0.3) is 0 Å². The van der Waals surface area contributed by atoms with E-state index in [9.17, 15) is 0 Å². The predicted molar refractivity (Wildman–Crippen MR) is 78.0 cm³/mol. The van der Waals surface area contributed by atoms with E-state index in [1.807, 2.05) is 0 Å². The number of nitrogens with zero attached hydrogens (tertiary/aromatic N) is 3. The van der Waals surface area contributed by atoms with Crippen LogP contribution in [0.1, 0.15) is 31.7 Å². The fourth-order valence-corrected chi connectivity index (χ4v) is 2.63. The van der Waals surface area contributed by atoms with Crippen molar-refractivity contribution in [1.82, 2.24) is 15.5 Å². The number of aromatic nitrogens is 2. The van der Waals surface area contributed by atoms with Crippen molar-refractivity contribution >= 4 is 11.7 Å². The van der Waals surface area contributed by atoms with Gasteiger partial charge in [-0.25, -0.2) is 0 Å². The van der Waals surface area contributed by atoms with Gasteiger partial charge in [-0.15, -0.1) is 5.10 Å². The number of hydrogen-bond acceptors (Lipinski definition) is 5. The summed E-state index contributed by atoms with van der Waals surface area (Å²) in [6.45, 7) is 5.76. The highest BCUT2D eigenvalue weighted by molar-refractivity contribution is 5.63. The molecule has 1 N–H and O–H groups in total. The Labute approximate surface area is 119 Å². The van der Waals surface area contributed by atoms with Crippen LogP contribution in [0.25, 0.3) is 0 Å². The van der Waals surface area contributed by atoms with Crippen molar-refractivity contribution in [2.24, 2.45) is 0 Å². The third-order valence-corrected chi connectivity index (χ3v) is 3.71. The van der Waals surface area contributed by atoms with Crippen molar-refractivity contribution in [3.8, 4) is 0 Å². The number of anilines is 2. The smallest absolute Gasteiger partial charge is 0.323 e. The van der Waals surface area contributed by atoms with E-state index in [0.29, 0.717) is 24.5 Å². The van der Waals surface area contributed by atoms with E-state index in [0.717, 1.165) is 19.4 Å². The van der Waals surface area contributed by atoms with Gasteiger partial charge >= 0.3 is 6.01 Å². The molecule has 0 aliphatic carbocycles. The lowest BCUT2D eigenvalue weighted by Gasteiger charge is -2.33. The van der Waals surface area contributed by atoms with Crippen LogP contribution >= 0.6 is 0 Å². The fourth-order valence-electron chi connectivity index (χ4n) is 2.63. The van der Waals surface area contributed by atoms with Gasteiger partial charge in [0.05, 0.1) is 6.54 Å². The molecule has 3 rings (SSSR count). The molecule has 20 heavy (non-hydrogen) atoms. The molecule has 0 amide bonds. The first-order valence-corrected chi connectivity index (χ1v) is 7.20. The Morgan fingerprint density at radius 3 is 3.05 bits per heavy atom. The number of benzene rings is 1. The van der Waals surface area contributed by atoms with Crippen molar-refractivity contribution in [1.29, 1.82) is 0 Å². The molecule has 2 aromatic rings. The second-order valence-corrected chi connectivity index (χ2v) is 5.15. The summed E-state index contributed by atoms with van der Waals surface area (Å²) in [5.74, 6) is 0.636. The Bertz CT molecular complexity index is 581. The van der Waals surface area contributed by atoms with Crippen LogP contribution in [-0.2, 0) is 13.0 Å². The van der Waals surface area contributed by atoms with Gasteiger partial charge < -0.3 is 9.73 Å². The largest absolute Gasteiger partial charge is 0.406 e. The number of nitrogens with one attached hydrogen (secondary N) is 1. The van der Waals surface area contributed by atoms with Crippen LogP contribution in [-0.4, -0.2) is 22.8 Å². The Balaban J connectivity index is 1.90. The number of para-hydroxylation sites is 1. The Morgan fingerprint density at radius 2 is 2.20 bits per heavy atom. The molecule has 0 saturated carbocycles. The molecular weight excluding hydrogens is 252 g/mol. The number of hydrogen-bond donors (Lipinski definition) is 1. The van der Waals surface area contributed by atoms with Crippen molar-refractivity contribution < 1.29 is 4.42 Å². The van der Waals surface area contributed by atoms with Crippen LogP contribution in [0.15, 0.2) is 28.7 Å². The van der Waals surface area contributed by atoms with Gasteiger partial charge in [0.15, 0.2) is 0 Å². The molecule has 0 fully saturated rings. The highest BCUT2D eigenvalue weighted by Gasteiger charge is 2.27. The Hall–Kier alpha value is -1.88. The molecule has 5 heteroatoms. The van der Waals surface area contributed by atoms with E-state index in [2.05, 4.69) is 58.5 Å². The first-order chi connectivity index (χ1) is 9.79. The fraction of sp³-hybridized carbons (Fsp3) is 0.467. The molecule has 0 saturated heterocycles. The van der Waals surface area contributed by atoms with E-state index in [-0.39, 0.29) is 0 Å². The quantitative estimate of drug-likeness (QED) is 0.927. The molecule has 106 valence electrons. The van der Waals surface area contributed by atoms with Gasteiger partial charge in [0.2, 0.25) is 5.89 Å². The second kappa shape index (κ2) is 5.63. The SMILES string of the molecule is CCNCc1nnc(N2c3ccccc3CCC2C)o1. The topological polar surface area (TPSA) is 54.2 Å². The number of rotatable bonds is 4. The van der Waals surface area contributed by atoms with Gasteiger partial charge in [0, 0.05) is 11.7 Å². The number of aryl methyl sites for hydroxylation is 1. The molecule has 1 unspecified atom stereocenters. The van der Waals surface area contributed by atoms with E-state index in [4.69, 9.17) is 4.42 Å². The lowest BCUT2D eigenvalue weighted by atomic mass is 9.97. The monoisotopic (exact) mass is 272 g/mol. The highest BCUT2D eigenvalue weighted by atomic mass is 16.4. The zero-order chi connectivity index (χ0) is 13.9. The van der Waals surface area contributed by atoms with Gasteiger partial charge in [-0.3, -0.25) is 4.90 Å². The maximum atomic E-state index is 5.79. The van der Waals surface area contributed by atoms with Crippen LogP contribution in [0.2, 0.25) is 0 Å². The zero-order valence-corrected chi connectivity index (χ0v) is 12.0. The summed E-state index contributed by atoms with van der Waals surface area (Å²) in [7, 11) is 0. The standard InChI is InChI=1S/C15H20N4O/c1-3-16-10-14-17-18-15(20-14)19-11(2)8-9-12-6-4-5-7-13(12)19/h4-7,11,16H,3,8-10H2,1-2H3. The average molecular weight is 272 g/mol. The summed E-state index contributed by atoms with van der Waals surface area (Å²) < 4.78 is 5.79. The Kier molecular flexibility index (Phi) is 3.69. The zero-order valence-electron chi connectivity index (χ0n) is 12.0. The number of fused-ring (bicyclic) bond motifs is 1. The minimum atomic E-state index is 0.373. The summed E-state index contributed by atoms with van der Waals surface area (Å²) in [4.78, 5) is 2.15. The molecular formula is C15H20N4O. The normalized spacial score (nSPS) is 18.1. The molecule has 0 bridgehead atoms. The average Bonchev–Trinajstić information content (AvgIpc) is 2.93. The molecule has 1 aromatic carbocycles. The lowest BCUT2D eigenvalue weighted by molar-refractivity contribution is 0.457. The van der Waals surface area contributed by atoms with Gasteiger partial charge in [-0.1, -0.05) is 30.2 Å².